The minimum Gasteiger partial charge on any atom is -0.269 e. The van der Waals surface area contributed by atoms with Crippen molar-refractivity contribution in [3.63, 3.8) is 0 Å². The summed E-state index contributed by atoms with van der Waals surface area (Å²) in [6.07, 6.45) is 0. The van der Waals surface area contributed by atoms with Crippen LogP contribution in [-0.2, 0) is 0 Å². The van der Waals surface area contributed by atoms with Gasteiger partial charge in [0.1, 0.15) is 0 Å². The molecule has 0 amide bonds. The summed E-state index contributed by atoms with van der Waals surface area (Å²) in [7, 11) is 0. The van der Waals surface area contributed by atoms with Gasteiger partial charge in [0.25, 0.3) is 0 Å². The summed E-state index contributed by atoms with van der Waals surface area (Å²) in [4.78, 5) is 0. The van der Waals surface area contributed by atoms with Crippen molar-refractivity contribution in [2.45, 2.75) is 0 Å². The first kappa shape index (κ1) is 75.2. The van der Waals surface area contributed by atoms with Gasteiger partial charge in [-0.2, -0.15) is 0 Å². The summed E-state index contributed by atoms with van der Waals surface area (Å²) < 4.78 is 0. The summed E-state index contributed by atoms with van der Waals surface area (Å²) in [6, 6.07) is 0. The van der Waals surface area contributed by atoms with Crippen LogP contribution in [0, 0.1) is 37.7 Å². The summed E-state index contributed by atoms with van der Waals surface area (Å²) in [5.41, 5.74) is 0. The summed E-state index contributed by atoms with van der Waals surface area (Å²) >= 11 is 0. The fraction of sp³-hybridized carbons (Fsp3) is 0. The predicted octanol–water partition coefficient (Wildman–Crippen LogP) is 0.458. The van der Waals surface area contributed by atoms with Gasteiger partial charge in [0.05, 0.1) is 0 Å². The molecule has 0 atom stereocenters. The maximum Gasteiger partial charge on any atom is 0 e. The van der Waals surface area contributed by atoms with Gasteiger partial charge in [0.15, 0.2) is 0 Å². The molecule has 0 radical (unpaired) electrons. The van der Waals surface area contributed by atoms with Gasteiger partial charge in [-0.15, -0.1) is 0 Å². The van der Waals surface area contributed by atoms with Crippen LogP contribution in [0.25, 0.3) is 0 Å². The molecule has 0 nitrogen and oxygen atoms in total. The minimum atomic E-state index is 0. The zero-order chi connectivity index (χ0) is 0. The van der Waals surface area contributed by atoms with Crippen molar-refractivity contribution in [2.24, 2.45) is 0 Å². The minimum absolute atomic E-state index is 0. The van der Waals surface area contributed by atoms with Gasteiger partial charge in [-0.25, -0.2) is 0 Å². The van der Waals surface area contributed by atoms with Crippen molar-refractivity contribution < 1.29 is 51.9 Å². The second kappa shape index (κ2) is 34.2. The Balaban J connectivity index is 0. The summed E-state index contributed by atoms with van der Waals surface area (Å²) in [5, 5.41) is 0. The molecule has 0 unspecified atom stereocenters. The molecule has 0 saturated heterocycles. The number of halogens is 3. The molecule has 0 heterocycles. The van der Waals surface area contributed by atoms with Crippen LogP contribution < -0.4 is 0 Å². The standard InChI is InChI=1S/Ar.3FH/h;3*1H. The molecule has 0 aliphatic rings. The number of rotatable bonds is 0. The molecule has 0 aromatic heterocycles. The average molecular weight is 100.0 g/mol. The Morgan fingerprint density at radius 2 is 0.500 bits per heavy atom. The quantitative estimate of drug-likeness (QED) is 0.414. The van der Waals surface area contributed by atoms with Gasteiger partial charge in [-0.05, 0) is 0 Å². The third-order valence-electron chi connectivity index (χ3n) is 0. The molecule has 4 heavy (non-hydrogen) atoms. The van der Waals surface area contributed by atoms with Crippen LogP contribution in [0.3, 0.4) is 0 Å². The molecule has 0 spiro atoms. The molecule has 0 aromatic carbocycles. The number of hydrogen-bond donors (Lipinski definition) is 0. The van der Waals surface area contributed by atoms with E-state index in [0.717, 1.165) is 0 Å². The second-order valence-electron chi connectivity index (χ2n) is 0. The normalized spacial score (nSPS) is 0. The first-order valence-electron chi connectivity index (χ1n) is 0. The van der Waals surface area contributed by atoms with Gasteiger partial charge in [-0.3, -0.25) is 14.1 Å². The van der Waals surface area contributed by atoms with Crippen LogP contribution in [0.15, 0.2) is 0 Å². The van der Waals surface area contributed by atoms with E-state index in [9.17, 15) is 0 Å². The monoisotopic (exact) mass is 100.0 g/mol. The van der Waals surface area contributed by atoms with Crippen LogP contribution in [0.5, 0.6) is 0 Å². The SMILES string of the molecule is F.F.F.[Ar]. The largest absolute Gasteiger partial charge is 0.269 e. The van der Waals surface area contributed by atoms with Crippen molar-refractivity contribution in [3.8, 4) is 0 Å². The molecule has 0 rings (SSSR count). The molecule has 0 bridgehead atoms. The Kier molecular flexibility index (Phi) is 642. The van der Waals surface area contributed by atoms with Gasteiger partial charge in [-0.1, -0.05) is 0 Å². The van der Waals surface area contributed by atoms with Crippen molar-refractivity contribution in [1.29, 1.82) is 0 Å². The van der Waals surface area contributed by atoms with E-state index in [1.165, 1.54) is 0 Å². The Morgan fingerprint density at radius 3 is 0.500 bits per heavy atom. The molecule has 0 fully saturated rings. The molecule has 0 aliphatic carbocycles. The molecule has 4 heteroatoms. The smallest absolute Gasteiger partial charge is 0 e. The van der Waals surface area contributed by atoms with E-state index in [0.29, 0.717) is 0 Å². The average Bonchev–Trinajstić information content (AvgIpc) is 0. The van der Waals surface area contributed by atoms with Crippen LogP contribution in [0.1, 0.15) is 0 Å². The van der Waals surface area contributed by atoms with E-state index < -0.39 is 0 Å². The van der Waals surface area contributed by atoms with Gasteiger partial charge >= 0.3 is 0 Å². The van der Waals surface area contributed by atoms with E-state index >= 15 is 0 Å². The van der Waals surface area contributed by atoms with E-state index in [1.807, 2.05) is 0 Å². The Bertz CT molecular complexity index is 3.25. The van der Waals surface area contributed by atoms with E-state index in [2.05, 4.69) is 0 Å². The van der Waals surface area contributed by atoms with Crippen LogP contribution in [0.2, 0.25) is 0 Å². The second-order valence-corrected chi connectivity index (χ2v) is 0. The topological polar surface area (TPSA) is 0 Å². The molecule has 0 saturated carbocycles. The Labute approximate surface area is 51.7 Å². The van der Waals surface area contributed by atoms with Crippen LogP contribution in [0.4, 0.5) is 14.1 Å². The van der Waals surface area contributed by atoms with Gasteiger partial charge < -0.3 is 0 Å². The molecular weight excluding hydrogens is 96.9 g/mol. The predicted molar refractivity (Wildman–Crippen MR) is 7.51 cm³/mol. The summed E-state index contributed by atoms with van der Waals surface area (Å²) in [6.45, 7) is 0. The van der Waals surface area contributed by atoms with E-state index in [4.69, 9.17) is 0 Å². The Morgan fingerprint density at radius 1 is 0.500 bits per heavy atom. The third-order valence-corrected chi connectivity index (χ3v) is 0. The molecule has 0 aliphatic heterocycles. The van der Waals surface area contributed by atoms with E-state index in [-0.39, 0.29) is 51.9 Å². The first-order valence-corrected chi connectivity index (χ1v) is 0. The maximum atomic E-state index is 0. The Hall–Kier alpha value is 1.05. The van der Waals surface area contributed by atoms with E-state index in [1.54, 1.807) is 0 Å². The number of hydrogen-bond acceptors (Lipinski definition) is 0. The zero-order valence-electron chi connectivity index (χ0n) is 1.58. The van der Waals surface area contributed by atoms with Crippen molar-refractivity contribution in [1.82, 2.24) is 0 Å². The van der Waals surface area contributed by atoms with Crippen LogP contribution in [-0.4, -0.2) is 0 Å². The van der Waals surface area contributed by atoms with Gasteiger partial charge in [0, 0.05) is 37.7 Å². The van der Waals surface area contributed by atoms with Crippen molar-refractivity contribution >= 4 is 0 Å². The van der Waals surface area contributed by atoms with Crippen molar-refractivity contribution in [2.75, 3.05) is 0 Å². The van der Waals surface area contributed by atoms with Crippen LogP contribution >= 0.6 is 0 Å². The van der Waals surface area contributed by atoms with Gasteiger partial charge in [0.2, 0.25) is 0 Å². The fourth-order valence-electron chi connectivity index (χ4n) is 0. The fourth-order valence-corrected chi connectivity index (χ4v) is 0. The molecule has 32 valence electrons. The molecule has 0 aromatic rings. The summed E-state index contributed by atoms with van der Waals surface area (Å²) in [5.74, 6) is 0. The zero-order valence-corrected chi connectivity index (χ0v) is 2.29. The molecular formula is H3ArF3. The molecule has 0 N–H and O–H groups in total. The third kappa shape index (κ3) is 11.6. The maximum absolute atomic E-state index is 0. The first-order chi connectivity index (χ1) is 0. The van der Waals surface area contributed by atoms with Crippen molar-refractivity contribution in [3.05, 3.63) is 0 Å².